The van der Waals surface area contributed by atoms with Gasteiger partial charge in [0.15, 0.2) is 0 Å². The van der Waals surface area contributed by atoms with Crippen molar-refractivity contribution in [3.63, 3.8) is 0 Å². The van der Waals surface area contributed by atoms with Crippen LogP contribution in [0.2, 0.25) is 0 Å². The molecular weight excluding hydrogens is 230 g/mol. The van der Waals surface area contributed by atoms with Crippen LogP contribution in [0.15, 0.2) is 12.1 Å². The lowest BCUT2D eigenvalue weighted by Crippen LogP contribution is -2.41. The maximum absolute atomic E-state index is 13.4. The van der Waals surface area contributed by atoms with E-state index in [-0.39, 0.29) is 17.0 Å². The molecule has 1 aromatic carbocycles. The molecule has 0 bridgehead atoms. The van der Waals surface area contributed by atoms with Crippen LogP contribution in [-0.4, -0.2) is 18.3 Å². The van der Waals surface area contributed by atoms with Gasteiger partial charge in [-0.15, -0.1) is 0 Å². The summed E-state index contributed by atoms with van der Waals surface area (Å²) in [5, 5.41) is 0. The highest BCUT2D eigenvalue weighted by Crippen LogP contribution is 2.36. The first kappa shape index (κ1) is 13.6. The third-order valence-corrected chi connectivity index (χ3v) is 4.09. The van der Waals surface area contributed by atoms with Gasteiger partial charge in [-0.25, -0.2) is 4.39 Å². The Morgan fingerprint density at radius 3 is 2.11 bits per heavy atom. The molecule has 18 heavy (non-hydrogen) atoms. The van der Waals surface area contributed by atoms with Gasteiger partial charge in [-0.05, 0) is 64.2 Å². The van der Waals surface area contributed by atoms with Crippen molar-refractivity contribution in [3.8, 4) is 0 Å². The first-order valence-electron chi connectivity index (χ1n) is 6.12. The Kier molecular flexibility index (Phi) is 3.07. The summed E-state index contributed by atoms with van der Waals surface area (Å²) < 4.78 is 25.3. The van der Waals surface area contributed by atoms with Crippen LogP contribution in [0.1, 0.15) is 38.8 Å². The van der Waals surface area contributed by atoms with E-state index in [2.05, 4.69) is 6.92 Å². The van der Waals surface area contributed by atoms with Crippen molar-refractivity contribution >= 4 is 12.6 Å². The predicted molar refractivity (Wildman–Crippen MR) is 71.3 cm³/mol. The molecule has 0 atom stereocenters. The second kappa shape index (κ2) is 4.07. The minimum atomic E-state index is -0.462. The molecule has 1 radical (unpaired) electrons. The first-order chi connectivity index (χ1) is 8.16. The fourth-order valence-corrected chi connectivity index (χ4v) is 1.97. The molecule has 1 aromatic rings. The molecule has 0 amide bonds. The summed E-state index contributed by atoms with van der Waals surface area (Å²) in [6.45, 7) is 13.6. The first-order valence-corrected chi connectivity index (χ1v) is 6.12. The molecule has 2 rings (SSSR count). The molecule has 97 valence electrons. The van der Waals surface area contributed by atoms with Gasteiger partial charge in [0.1, 0.15) is 5.82 Å². The second-order valence-corrected chi connectivity index (χ2v) is 5.83. The number of benzene rings is 1. The summed E-state index contributed by atoms with van der Waals surface area (Å²) in [6, 6.07) is 3.12. The topological polar surface area (TPSA) is 18.5 Å². The quantitative estimate of drug-likeness (QED) is 0.712. The molecule has 0 saturated carbocycles. The van der Waals surface area contributed by atoms with Gasteiger partial charge in [-0.2, -0.15) is 0 Å². The summed E-state index contributed by atoms with van der Waals surface area (Å²) in [5.74, 6) is -0.298. The molecule has 4 heteroatoms. The monoisotopic (exact) mass is 249 g/mol. The van der Waals surface area contributed by atoms with Crippen LogP contribution in [0, 0.1) is 19.7 Å². The van der Waals surface area contributed by atoms with Crippen LogP contribution in [0.4, 0.5) is 4.39 Å². The number of rotatable bonds is 1. The SMILES string of the molecule is [CH2]c1c(F)ccc(B2OC(C)(C)C(C)(C)O2)c1C. The van der Waals surface area contributed by atoms with Crippen molar-refractivity contribution in [2.45, 2.75) is 45.8 Å². The zero-order valence-electron chi connectivity index (χ0n) is 11.6. The van der Waals surface area contributed by atoms with E-state index in [1.54, 1.807) is 6.07 Å². The highest BCUT2D eigenvalue weighted by Gasteiger charge is 2.52. The van der Waals surface area contributed by atoms with Gasteiger partial charge in [0.05, 0.1) is 11.2 Å². The zero-order valence-corrected chi connectivity index (χ0v) is 11.6. The van der Waals surface area contributed by atoms with Gasteiger partial charge in [0.2, 0.25) is 0 Å². The summed E-state index contributed by atoms with van der Waals surface area (Å²) in [6.07, 6.45) is 0. The molecule has 0 unspecified atom stereocenters. The molecule has 1 heterocycles. The number of hydrogen-bond donors (Lipinski definition) is 0. The Balaban J connectivity index is 2.39. The molecule has 0 aliphatic carbocycles. The molecule has 0 aromatic heterocycles. The normalized spacial score (nSPS) is 21.4. The van der Waals surface area contributed by atoms with E-state index in [1.165, 1.54) is 6.07 Å². The van der Waals surface area contributed by atoms with E-state index in [0.717, 1.165) is 11.0 Å². The predicted octanol–water partition coefficient (Wildman–Crippen LogP) is 2.62. The Morgan fingerprint density at radius 2 is 1.61 bits per heavy atom. The van der Waals surface area contributed by atoms with Crippen molar-refractivity contribution in [2.24, 2.45) is 0 Å². The van der Waals surface area contributed by atoms with Crippen molar-refractivity contribution in [1.29, 1.82) is 0 Å². The summed E-state index contributed by atoms with van der Waals surface area (Å²) >= 11 is 0. The Morgan fingerprint density at radius 1 is 1.11 bits per heavy atom. The molecule has 1 aliphatic heterocycles. The van der Waals surface area contributed by atoms with Crippen LogP contribution in [0.3, 0.4) is 0 Å². The van der Waals surface area contributed by atoms with Crippen LogP contribution in [0.5, 0.6) is 0 Å². The highest BCUT2D eigenvalue weighted by molar-refractivity contribution is 6.62. The van der Waals surface area contributed by atoms with Gasteiger partial charge in [0.25, 0.3) is 0 Å². The lowest BCUT2D eigenvalue weighted by molar-refractivity contribution is 0.00578. The molecule has 1 saturated heterocycles. The van der Waals surface area contributed by atoms with Crippen molar-refractivity contribution in [2.75, 3.05) is 0 Å². The van der Waals surface area contributed by atoms with E-state index >= 15 is 0 Å². The summed E-state index contributed by atoms with van der Waals surface area (Å²) in [4.78, 5) is 0. The standard InChI is InChI=1S/C14H19BFO2/c1-9-10(2)12(16)8-7-11(9)15-17-13(3,4)14(5,6)18-15/h7-8H,2H2,1,3-6H3. The van der Waals surface area contributed by atoms with Crippen LogP contribution >= 0.6 is 0 Å². The van der Waals surface area contributed by atoms with Crippen LogP contribution in [-0.2, 0) is 9.31 Å². The van der Waals surface area contributed by atoms with E-state index in [9.17, 15) is 4.39 Å². The number of hydrogen-bond acceptors (Lipinski definition) is 2. The van der Waals surface area contributed by atoms with Crippen molar-refractivity contribution in [1.82, 2.24) is 0 Å². The average molecular weight is 249 g/mol. The molecule has 1 aliphatic rings. The molecule has 1 fully saturated rings. The Hall–Kier alpha value is -0.865. The van der Waals surface area contributed by atoms with Gasteiger partial charge in [0, 0.05) is 0 Å². The lowest BCUT2D eigenvalue weighted by Gasteiger charge is -2.32. The van der Waals surface area contributed by atoms with Gasteiger partial charge in [-0.1, -0.05) is 6.07 Å². The van der Waals surface area contributed by atoms with Crippen molar-refractivity contribution in [3.05, 3.63) is 36.0 Å². The largest absolute Gasteiger partial charge is 0.495 e. The lowest BCUT2D eigenvalue weighted by atomic mass is 9.75. The van der Waals surface area contributed by atoms with Crippen LogP contribution < -0.4 is 5.46 Å². The fraction of sp³-hybridized carbons (Fsp3) is 0.500. The van der Waals surface area contributed by atoms with E-state index in [4.69, 9.17) is 9.31 Å². The number of halogens is 1. The molecule has 0 N–H and O–H groups in total. The van der Waals surface area contributed by atoms with Gasteiger partial charge < -0.3 is 9.31 Å². The molecule has 2 nitrogen and oxygen atoms in total. The minimum Gasteiger partial charge on any atom is -0.399 e. The highest BCUT2D eigenvalue weighted by atomic mass is 19.1. The maximum Gasteiger partial charge on any atom is 0.495 e. The minimum absolute atomic E-state index is 0.298. The Labute approximate surface area is 109 Å². The van der Waals surface area contributed by atoms with E-state index in [0.29, 0.717) is 5.56 Å². The van der Waals surface area contributed by atoms with E-state index < -0.39 is 7.12 Å². The zero-order chi connectivity index (χ0) is 13.7. The molecular formula is C14H19BFO2. The second-order valence-electron chi connectivity index (χ2n) is 5.83. The summed E-state index contributed by atoms with van der Waals surface area (Å²) in [7, 11) is -0.462. The summed E-state index contributed by atoms with van der Waals surface area (Å²) in [5.41, 5.74) is 1.26. The van der Waals surface area contributed by atoms with Gasteiger partial charge >= 0.3 is 7.12 Å². The van der Waals surface area contributed by atoms with Crippen LogP contribution in [0.25, 0.3) is 0 Å². The average Bonchev–Trinajstić information content (AvgIpc) is 2.45. The Bertz CT molecular complexity index is 467. The molecule has 0 spiro atoms. The third-order valence-electron chi connectivity index (χ3n) is 4.09. The maximum atomic E-state index is 13.4. The third kappa shape index (κ3) is 1.97. The smallest absolute Gasteiger partial charge is 0.399 e. The van der Waals surface area contributed by atoms with Crippen molar-refractivity contribution < 1.29 is 13.7 Å². The van der Waals surface area contributed by atoms with E-state index in [1.807, 2.05) is 34.6 Å². The fourth-order valence-electron chi connectivity index (χ4n) is 1.97. The van der Waals surface area contributed by atoms with Gasteiger partial charge in [-0.3, -0.25) is 0 Å².